The van der Waals surface area contributed by atoms with Gasteiger partial charge in [-0.15, -0.1) is 0 Å². The number of nitrogens with zero attached hydrogens (tertiary/aromatic N) is 1. The minimum atomic E-state index is -0.231. The van der Waals surface area contributed by atoms with Crippen molar-refractivity contribution >= 4 is 23.3 Å². The lowest BCUT2D eigenvalue weighted by molar-refractivity contribution is 0.0843. The maximum atomic E-state index is 12.9. The molecule has 0 atom stereocenters. The zero-order chi connectivity index (χ0) is 30.6. The van der Waals surface area contributed by atoms with Gasteiger partial charge in [-0.25, -0.2) is 4.79 Å². The van der Waals surface area contributed by atoms with Gasteiger partial charge >= 0.3 is 6.03 Å². The SMILES string of the molecule is CCCCCNC(=O)Nc1ccc(Oc2ccc(NC(=O)c3ccc(OC4CCN(C(C)C)CC4)cc3)cc2OC)cc1. The molecule has 1 heterocycles. The van der Waals surface area contributed by atoms with Crippen LogP contribution in [0.4, 0.5) is 16.2 Å². The first kappa shape index (κ1) is 31.7. The van der Waals surface area contributed by atoms with Crippen LogP contribution in [-0.4, -0.2) is 55.7 Å². The number of nitrogens with one attached hydrogen (secondary N) is 3. The Bertz CT molecular complexity index is 1320. The first-order valence-electron chi connectivity index (χ1n) is 15.2. The maximum Gasteiger partial charge on any atom is 0.319 e. The Labute approximate surface area is 254 Å². The molecule has 3 aromatic rings. The molecule has 230 valence electrons. The van der Waals surface area contributed by atoms with E-state index in [1.165, 1.54) is 0 Å². The maximum absolute atomic E-state index is 12.9. The van der Waals surface area contributed by atoms with Crippen molar-refractivity contribution in [1.82, 2.24) is 10.2 Å². The molecule has 0 bridgehead atoms. The number of piperidine rings is 1. The van der Waals surface area contributed by atoms with Crippen molar-refractivity contribution in [3.05, 3.63) is 72.3 Å². The molecule has 0 radical (unpaired) electrons. The molecule has 3 N–H and O–H groups in total. The topological polar surface area (TPSA) is 101 Å². The molecule has 4 rings (SSSR count). The highest BCUT2D eigenvalue weighted by molar-refractivity contribution is 6.04. The number of benzene rings is 3. The number of carbonyl (C=O) groups is 2. The molecular formula is C34H44N4O5. The smallest absolute Gasteiger partial charge is 0.319 e. The third-order valence-corrected chi connectivity index (χ3v) is 7.45. The number of likely N-dealkylation sites (tertiary alicyclic amines) is 1. The Morgan fingerprint density at radius 2 is 1.53 bits per heavy atom. The monoisotopic (exact) mass is 588 g/mol. The van der Waals surface area contributed by atoms with Gasteiger partial charge in [0.25, 0.3) is 5.91 Å². The van der Waals surface area contributed by atoms with Gasteiger partial charge in [0.15, 0.2) is 11.5 Å². The van der Waals surface area contributed by atoms with Crippen LogP contribution < -0.4 is 30.2 Å². The molecule has 0 unspecified atom stereocenters. The predicted molar refractivity (Wildman–Crippen MR) is 171 cm³/mol. The fraction of sp³-hybridized carbons (Fsp3) is 0.412. The average molecular weight is 589 g/mol. The van der Waals surface area contributed by atoms with Crippen LogP contribution in [0, 0.1) is 0 Å². The number of methoxy groups -OCH3 is 1. The second-order valence-corrected chi connectivity index (χ2v) is 11.0. The minimum Gasteiger partial charge on any atom is -0.493 e. The number of carbonyl (C=O) groups excluding carboxylic acids is 2. The van der Waals surface area contributed by atoms with Crippen molar-refractivity contribution in [2.24, 2.45) is 0 Å². The van der Waals surface area contributed by atoms with Crippen LogP contribution >= 0.6 is 0 Å². The van der Waals surface area contributed by atoms with Crippen LogP contribution in [0.15, 0.2) is 66.7 Å². The molecule has 9 heteroatoms. The molecule has 0 aliphatic carbocycles. The van der Waals surface area contributed by atoms with Crippen molar-refractivity contribution in [3.8, 4) is 23.0 Å². The summed E-state index contributed by atoms with van der Waals surface area (Å²) in [6, 6.07) is 19.9. The summed E-state index contributed by atoms with van der Waals surface area (Å²) >= 11 is 0. The number of ether oxygens (including phenoxy) is 3. The Morgan fingerprint density at radius 1 is 0.860 bits per heavy atom. The van der Waals surface area contributed by atoms with Gasteiger partial charge in [-0.2, -0.15) is 0 Å². The molecular weight excluding hydrogens is 544 g/mol. The van der Waals surface area contributed by atoms with E-state index in [1.54, 1.807) is 61.7 Å². The average Bonchev–Trinajstić information content (AvgIpc) is 3.01. The van der Waals surface area contributed by atoms with E-state index in [4.69, 9.17) is 14.2 Å². The zero-order valence-electron chi connectivity index (χ0n) is 25.7. The molecule has 0 aromatic heterocycles. The summed E-state index contributed by atoms with van der Waals surface area (Å²) in [4.78, 5) is 27.4. The molecule has 3 amide bonds. The Morgan fingerprint density at radius 3 is 2.19 bits per heavy atom. The van der Waals surface area contributed by atoms with Gasteiger partial charge in [-0.05, 0) is 93.8 Å². The standard InChI is InChI=1S/C34H44N4O5/c1-5-6-7-20-35-34(40)37-26-10-15-29(16-11-26)43-31-17-12-27(23-32(31)41-4)36-33(39)25-8-13-28(14-9-25)42-30-18-21-38(22-19-30)24(2)3/h8-17,23-24,30H,5-7,18-22H2,1-4H3,(H,36,39)(H2,35,37,40). The first-order valence-corrected chi connectivity index (χ1v) is 15.2. The first-order chi connectivity index (χ1) is 20.8. The predicted octanol–water partition coefficient (Wildman–Crippen LogP) is 7.30. The summed E-state index contributed by atoms with van der Waals surface area (Å²) in [5, 5.41) is 8.59. The third-order valence-electron chi connectivity index (χ3n) is 7.45. The van der Waals surface area contributed by atoms with Gasteiger partial charge < -0.3 is 35.1 Å². The summed E-state index contributed by atoms with van der Waals surface area (Å²) in [7, 11) is 1.55. The molecule has 0 saturated carbocycles. The number of hydrogen-bond acceptors (Lipinski definition) is 6. The summed E-state index contributed by atoms with van der Waals surface area (Å²) in [6.45, 7) is 9.31. The number of rotatable bonds is 13. The van der Waals surface area contributed by atoms with E-state index >= 15 is 0 Å². The molecule has 1 aliphatic rings. The van der Waals surface area contributed by atoms with Gasteiger partial charge in [0.1, 0.15) is 17.6 Å². The second kappa shape index (κ2) is 15.8. The summed E-state index contributed by atoms with van der Waals surface area (Å²) in [5.74, 6) is 2.09. The Kier molecular flexibility index (Phi) is 11.7. The van der Waals surface area contributed by atoms with Crippen molar-refractivity contribution in [1.29, 1.82) is 0 Å². The molecule has 3 aromatic carbocycles. The van der Waals surface area contributed by atoms with Gasteiger partial charge in [0, 0.05) is 48.7 Å². The fourth-order valence-electron chi connectivity index (χ4n) is 4.91. The van der Waals surface area contributed by atoms with E-state index in [0.29, 0.717) is 46.8 Å². The summed E-state index contributed by atoms with van der Waals surface area (Å²) in [5.41, 5.74) is 1.78. The molecule has 1 fully saturated rings. The minimum absolute atomic E-state index is 0.198. The van der Waals surface area contributed by atoms with E-state index in [2.05, 4.69) is 41.6 Å². The summed E-state index contributed by atoms with van der Waals surface area (Å²) < 4.78 is 17.7. The number of unbranched alkanes of at least 4 members (excludes halogenated alkanes) is 2. The number of hydrogen-bond donors (Lipinski definition) is 3. The van der Waals surface area contributed by atoms with Crippen molar-refractivity contribution in [2.75, 3.05) is 37.4 Å². The number of anilines is 2. The van der Waals surface area contributed by atoms with Crippen LogP contribution in [0.3, 0.4) is 0 Å². The second-order valence-electron chi connectivity index (χ2n) is 11.0. The van der Waals surface area contributed by atoms with Gasteiger partial charge in [0.2, 0.25) is 0 Å². The van der Waals surface area contributed by atoms with E-state index in [0.717, 1.165) is 50.9 Å². The van der Waals surface area contributed by atoms with Crippen molar-refractivity contribution < 1.29 is 23.8 Å². The quantitative estimate of drug-likeness (QED) is 0.181. The highest BCUT2D eigenvalue weighted by Crippen LogP contribution is 2.34. The van der Waals surface area contributed by atoms with Gasteiger partial charge in [0.05, 0.1) is 7.11 Å². The van der Waals surface area contributed by atoms with Crippen molar-refractivity contribution in [3.63, 3.8) is 0 Å². The Balaban J connectivity index is 1.28. The van der Waals surface area contributed by atoms with Crippen LogP contribution in [-0.2, 0) is 0 Å². The third kappa shape index (κ3) is 9.64. The molecule has 1 saturated heterocycles. The molecule has 43 heavy (non-hydrogen) atoms. The van der Waals surface area contributed by atoms with Crippen LogP contribution in [0.2, 0.25) is 0 Å². The lowest BCUT2D eigenvalue weighted by atomic mass is 10.1. The molecule has 9 nitrogen and oxygen atoms in total. The van der Waals surface area contributed by atoms with E-state index in [-0.39, 0.29) is 18.0 Å². The van der Waals surface area contributed by atoms with Gasteiger partial charge in [-0.3, -0.25) is 4.79 Å². The van der Waals surface area contributed by atoms with E-state index in [1.807, 2.05) is 12.1 Å². The molecule has 1 aliphatic heterocycles. The highest BCUT2D eigenvalue weighted by Gasteiger charge is 2.22. The van der Waals surface area contributed by atoms with E-state index in [9.17, 15) is 9.59 Å². The largest absolute Gasteiger partial charge is 0.493 e. The normalized spacial score (nSPS) is 13.8. The Hall–Kier alpha value is -4.24. The molecule has 0 spiro atoms. The summed E-state index contributed by atoms with van der Waals surface area (Å²) in [6.07, 6.45) is 5.36. The lowest BCUT2D eigenvalue weighted by Crippen LogP contribution is -2.41. The lowest BCUT2D eigenvalue weighted by Gasteiger charge is -2.34. The van der Waals surface area contributed by atoms with E-state index < -0.39 is 0 Å². The number of urea groups is 1. The fourth-order valence-corrected chi connectivity index (χ4v) is 4.91. The zero-order valence-corrected chi connectivity index (χ0v) is 25.7. The van der Waals surface area contributed by atoms with Gasteiger partial charge in [-0.1, -0.05) is 19.8 Å². The van der Waals surface area contributed by atoms with Crippen LogP contribution in [0.1, 0.15) is 63.2 Å². The van der Waals surface area contributed by atoms with Crippen LogP contribution in [0.25, 0.3) is 0 Å². The van der Waals surface area contributed by atoms with Crippen molar-refractivity contribution in [2.45, 2.75) is 65.0 Å². The highest BCUT2D eigenvalue weighted by atomic mass is 16.5. The van der Waals surface area contributed by atoms with Crippen LogP contribution in [0.5, 0.6) is 23.0 Å². The number of amides is 3.